The van der Waals surface area contributed by atoms with Crippen molar-refractivity contribution in [2.45, 2.75) is 32.3 Å². The highest BCUT2D eigenvalue weighted by molar-refractivity contribution is 7.90. The second kappa shape index (κ2) is 8.00. The van der Waals surface area contributed by atoms with Crippen LogP contribution < -0.4 is 4.72 Å². The molecule has 158 valence electrons. The van der Waals surface area contributed by atoms with E-state index >= 15 is 0 Å². The molecule has 0 aliphatic rings. The Kier molecular flexibility index (Phi) is 5.37. The van der Waals surface area contributed by atoms with Gasteiger partial charge in [-0.25, -0.2) is 9.71 Å². The van der Waals surface area contributed by atoms with Gasteiger partial charge in [-0.3, -0.25) is 4.79 Å². The van der Waals surface area contributed by atoms with Gasteiger partial charge in [-0.15, -0.1) is 0 Å². The molecular weight excluding hydrogens is 410 g/mol. The highest BCUT2D eigenvalue weighted by Crippen LogP contribution is 2.25. The van der Waals surface area contributed by atoms with Gasteiger partial charge in [-0.05, 0) is 61.7 Å². The van der Waals surface area contributed by atoms with E-state index in [1.54, 1.807) is 18.2 Å². The maximum absolute atomic E-state index is 13.1. The van der Waals surface area contributed by atoms with Gasteiger partial charge in [-0.2, -0.15) is 8.42 Å². The third kappa shape index (κ3) is 4.09. The Morgan fingerprint density at radius 2 is 1.65 bits per heavy atom. The second-order valence-corrected chi connectivity index (χ2v) is 9.28. The Bertz CT molecular complexity index is 1370. The number of benzene rings is 2. The number of aryl methyl sites for hydroxylation is 3. The molecule has 0 spiro atoms. The molecule has 4 aromatic rings. The molecule has 2 aromatic carbocycles. The van der Waals surface area contributed by atoms with E-state index in [2.05, 4.69) is 28.8 Å². The average Bonchev–Trinajstić information content (AvgIpc) is 3.10. The lowest BCUT2D eigenvalue weighted by Crippen LogP contribution is -2.32. The minimum Gasteiger partial charge on any atom is -0.332 e. The number of carbonyl (C=O) groups is 1. The smallest absolute Gasteiger partial charge is 0.281 e. The van der Waals surface area contributed by atoms with Crippen LogP contribution in [0.2, 0.25) is 0 Å². The summed E-state index contributed by atoms with van der Waals surface area (Å²) in [6.07, 6.45) is 1.37. The summed E-state index contributed by atoms with van der Waals surface area (Å²) in [6, 6.07) is 18.1. The molecule has 0 radical (unpaired) electrons. The topological polar surface area (TPSA) is 81.1 Å². The maximum atomic E-state index is 13.1. The molecule has 0 aliphatic heterocycles. The summed E-state index contributed by atoms with van der Waals surface area (Å²) in [7, 11) is -4.08. The fourth-order valence-electron chi connectivity index (χ4n) is 3.92. The predicted octanol–water partition coefficient (Wildman–Crippen LogP) is 4.13. The van der Waals surface area contributed by atoms with Crippen LogP contribution in [0.1, 0.15) is 32.7 Å². The van der Waals surface area contributed by atoms with Gasteiger partial charge in [-0.1, -0.05) is 42.0 Å². The number of carbonyl (C=O) groups excluding carboxylic acids is 1. The van der Waals surface area contributed by atoms with E-state index in [0.717, 1.165) is 27.6 Å². The predicted molar refractivity (Wildman–Crippen MR) is 121 cm³/mol. The number of fused-ring (bicyclic) bond motifs is 1. The summed E-state index contributed by atoms with van der Waals surface area (Å²) in [5.74, 6) is -0.690. The number of sulfonamides is 1. The molecule has 0 fully saturated rings. The van der Waals surface area contributed by atoms with E-state index in [1.165, 1.54) is 17.8 Å². The fourth-order valence-corrected chi connectivity index (χ4v) is 4.83. The monoisotopic (exact) mass is 433 g/mol. The minimum atomic E-state index is -4.08. The van der Waals surface area contributed by atoms with Gasteiger partial charge in [0.15, 0.2) is 5.03 Å². The number of nitrogens with one attached hydrogen (secondary N) is 1. The Hall–Kier alpha value is -3.45. The number of para-hydroxylation sites is 1. The molecule has 2 heterocycles. The molecule has 1 N–H and O–H groups in total. The Morgan fingerprint density at radius 1 is 0.968 bits per heavy atom. The third-order valence-electron chi connectivity index (χ3n) is 5.34. The number of nitrogens with zero attached hydrogens (tertiary/aromatic N) is 2. The molecule has 2 aromatic heterocycles. The van der Waals surface area contributed by atoms with Crippen molar-refractivity contribution in [3.8, 4) is 0 Å². The van der Waals surface area contributed by atoms with E-state index < -0.39 is 15.9 Å². The first kappa shape index (κ1) is 20.8. The Morgan fingerprint density at radius 3 is 2.32 bits per heavy atom. The van der Waals surface area contributed by atoms with Crippen LogP contribution in [0, 0.1) is 20.8 Å². The van der Waals surface area contributed by atoms with Crippen LogP contribution in [0.3, 0.4) is 0 Å². The highest BCUT2D eigenvalue weighted by Gasteiger charge is 2.23. The van der Waals surface area contributed by atoms with E-state index in [4.69, 9.17) is 0 Å². The van der Waals surface area contributed by atoms with Gasteiger partial charge in [0.2, 0.25) is 0 Å². The first-order valence-corrected chi connectivity index (χ1v) is 11.4. The standard InChI is InChI=1S/C24H23N3O3S/c1-16-12-17(2)20(18(3)13-16)15-27-21-9-5-4-8-19(21)14-22(27)24(28)26-31(29,30)23-10-6-7-11-25-23/h4-14H,15H2,1-3H3,(H,26,28). The fraction of sp³-hybridized carbons (Fsp3) is 0.167. The van der Waals surface area contributed by atoms with Crippen molar-refractivity contribution in [1.82, 2.24) is 14.3 Å². The Balaban J connectivity index is 1.78. The molecule has 4 rings (SSSR count). The van der Waals surface area contributed by atoms with Crippen molar-refractivity contribution in [3.05, 3.63) is 94.8 Å². The molecule has 0 saturated carbocycles. The van der Waals surface area contributed by atoms with Crippen molar-refractivity contribution < 1.29 is 13.2 Å². The highest BCUT2D eigenvalue weighted by atomic mass is 32.2. The SMILES string of the molecule is Cc1cc(C)c(Cn2c(C(=O)NS(=O)(=O)c3ccccn3)cc3ccccc32)c(C)c1. The summed E-state index contributed by atoms with van der Waals surface area (Å²) in [6.45, 7) is 6.60. The number of aromatic nitrogens is 2. The summed E-state index contributed by atoms with van der Waals surface area (Å²) >= 11 is 0. The minimum absolute atomic E-state index is 0.198. The van der Waals surface area contributed by atoms with Crippen molar-refractivity contribution in [1.29, 1.82) is 0 Å². The van der Waals surface area contributed by atoms with E-state index in [0.29, 0.717) is 6.54 Å². The van der Waals surface area contributed by atoms with Gasteiger partial charge in [0.25, 0.3) is 15.9 Å². The molecule has 0 aliphatic carbocycles. The van der Waals surface area contributed by atoms with Crippen LogP contribution in [0.5, 0.6) is 0 Å². The van der Waals surface area contributed by atoms with Crippen LogP contribution in [-0.2, 0) is 16.6 Å². The number of amides is 1. The van der Waals surface area contributed by atoms with Crippen LogP contribution >= 0.6 is 0 Å². The summed E-state index contributed by atoms with van der Waals surface area (Å²) in [4.78, 5) is 17.0. The quantitative estimate of drug-likeness (QED) is 0.513. The molecule has 0 atom stereocenters. The zero-order chi connectivity index (χ0) is 22.2. The van der Waals surface area contributed by atoms with E-state index in [1.807, 2.05) is 42.7 Å². The molecule has 0 saturated heterocycles. The lowest BCUT2D eigenvalue weighted by molar-refractivity contribution is 0.0973. The number of hydrogen-bond donors (Lipinski definition) is 1. The third-order valence-corrected chi connectivity index (χ3v) is 6.59. The van der Waals surface area contributed by atoms with Crippen LogP contribution in [0.4, 0.5) is 0 Å². The zero-order valence-corrected chi connectivity index (χ0v) is 18.4. The summed E-state index contributed by atoms with van der Waals surface area (Å²) in [5.41, 5.74) is 5.68. The molecule has 7 heteroatoms. The number of hydrogen-bond acceptors (Lipinski definition) is 4. The van der Waals surface area contributed by atoms with Crippen LogP contribution in [0.25, 0.3) is 10.9 Å². The molecule has 1 amide bonds. The molecule has 31 heavy (non-hydrogen) atoms. The number of rotatable bonds is 5. The van der Waals surface area contributed by atoms with Gasteiger partial charge in [0, 0.05) is 23.6 Å². The van der Waals surface area contributed by atoms with Gasteiger partial charge in [0.05, 0.1) is 0 Å². The molecule has 0 unspecified atom stereocenters. The van der Waals surface area contributed by atoms with Gasteiger partial charge < -0.3 is 4.57 Å². The second-order valence-electron chi connectivity index (χ2n) is 7.65. The first-order chi connectivity index (χ1) is 14.8. The molecular formula is C24H23N3O3S. The first-order valence-electron chi connectivity index (χ1n) is 9.89. The van der Waals surface area contributed by atoms with Crippen molar-refractivity contribution in [3.63, 3.8) is 0 Å². The van der Waals surface area contributed by atoms with Crippen LogP contribution in [-0.4, -0.2) is 23.9 Å². The lowest BCUT2D eigenvalue weighted by Gasteiger charge is -2.16. The number of pyridine rings is 1. The van der Waals surface area contributed by atoms with Gasteiger partial charge >= 0.3 is 0 Å². The maximum Gasteiger partial charge on any atom is 0.281 e. The van der Waals surface area contributed by atoms with Crippen molar-refractivity contribution in [2.24, 2.45) is 0 Å². The van der Waals surface area contributed by atoms with Crippen molar-refractivity contribution in [2.75, 3.05) is 0 Å². The lowest BCUT2D eigenvalue weighted by atomic mass is 9.99. The molecule has 6 nitrogen and oxygen atoms in total. The van der Waals surface area contributed by atoms with Crippen molar-refractivity contribution >= 4 is 26.8 Å². The summed E-state index contributed by atoms with van der Waals surface area (Å²) in [5, 5.41) is 0.668. The zero-order valence-electron chi connectivity index (χ0n) is 17.6. The average molecular weight is 434 g/mol. The summed E-state index contributed by atoms with van der Waals surface area (Å²) < 4.78 is 29.3. The van der Waals surface area contributed by atoms with E-state index in [-0.39, 0.29) is 10.7 Å². The van der Waals surface area contributed by atoms with Gasteiger partial charge in [0.1, 0.15) is 5.69 Å². The van der Waals surface area contributed by atoms with E-state index in [9.17, 15) is 13.2 Å². The normalized spacial score (nSPS) is 11.6. The molecule has 0 bridgehead atoms. The largest absolute Gasteiger partial charge is 0.332 e. The van der Waals surface area contributed by atoms with Crippen LogP contribution in [0.15, 0.2) is 71.9 Å². The Labute approximate surface area is 181 Å².